The van der Waals surface area contributed by atoms with Gasteiger partial charge in [0.25, 0.3) is 0 Å². The zero-order valence-corrected chi connectivity index (χ0v) is 14.6. The fourth-order valence-corrected chi connectivity index (χ4v) is 3.04. The summed E-state index contributed by atoms with van der Waals surface area (Å²) in [6, 6.07) is 15.1. The molecule has 2 aromatic rings. The van der Waals surface area contributed by atoms with Gasteiger partial charge in [0.15, 0.2) is 0 Å². The molecule has 0 radical (unpaired) electrons. The van der Waals surface area contributed by atoms with Crippen LogP contribution in [0.4, 0.5) is 17.1 Å². The van der Waals surface area contributed by atoms with Crippen LogP contribution < -0.4 is 15.6 Å². The van der Waals surface area contributed by atoms with Crippen LogP contribution in [0.2, 0.25) is 5.02 Å². The lowest BCUT2D eigenvalue weighted by Crippen LogP contribution is -2.43. The molecule has 0 bridgehead atoms. The Bertz CT molecular complexity index is 862. The molecule has 6 nitrogen and oxygen atoms in total. The minimum Gasteiger partial charge on any atom is -0.492 e. The van der Waals surface area contributed by atoms with Crippen LogP contribution in [0.15, 0.2) is 65.1 Å². The quantitative estimate of drug-likeness (QED) is 0.856. The maximum Gasteiger partial charge on any atom is 0.235 e. The number of nitrogens with one attached hydrogen (secondary N) is 1. The number of benzene rings is 2. The highest BCUT2D eigenvalue weighted by Gasteiger charge is 2.38. The highest BCUT2D eigenvalue weighted by Crippen LogP contribution is 2.40. The van der Waals surface area contributed by atoms with Gasteiger partial charge in [-0.05, 0) is 42.3 Å². The largest absolute Gasteiger partial charge is 0.492 e. The summed E-state index contributed by atoms with van der Waals surface area (Å²) in [5.74, 6) is 0.296. The van der Waals surface area contributed by atoms with Gasteiger partial charge in [0.1, 0.15) is 5.70 Å². The molecule has 0 spiro atoms. The molecule has 4 N–H and O–H groups in total. The second-order valence-corrected chi connectivity index (χ2v) is 6.50. The number of allylic oxidation sites excluding steroid dienone is 1. The zero-order chi connectivity index (χ0) is 16.8. The van der Waals surface area contributed by atoms with Crippen molar-refractivity contribution in [3.63, 3.8) is 0 Å². The predicted molar refractivity (Wildman–Crippen MR) is 101 cm³/mol. The summed E-state index contributed by atoms with van der Waals surface area (Å²) in [4.78, 5) is 4.75. The Morgan fingerprint density at radius 2 is 1.72 bits per heavy atom. The summed E-state index contributed by atoms with van der Waals surface area (Å²) in [5, 5.41) is 15.0. The number of nitrogens with zero attached hydrogens (tertiary/aromatic N) is 3. The summed E-state index contributed by atoms with van der Waals surface area (Å²) >= 11 is 5.97. The van der Waals surface area contributed by atoms with Gasteiger partial charge in [-0.1, -0.05) is 37.6 Å². The number of aliphatic imine (C=N–C) groups is 1. The first kappa shape index (κ1) is 17.3. The minimum atomic E-state index is 0. The van der Waals surface area contributed by atoms with Crippen LogP contribution in [-0.4, -0.2) is 16.3 Å². The SMILES string of the molecule is CC(C)C1=Nc2ccccc2N2NN(c3ccc(Cl)cc3)C(O)=C12.O. The lowest BCUT2D eigenvalue weighted by atomic mass is 10.0. The number of para-hydroxylation sites is 2. The van der Waals surface area contributed by atoms with Gasteiger partial charge in [0, 0.05) is 5.02 Å². The summed E-state index contributed by atoms with van der Waals surface area (Å²) < 4.78 is 0. The van der Waals surface area contributed by atoms with Gasteiger partial charge in [-0.25, -0.2) is 15.0 Å². The predicted octanol–water partition coefficient (Wildman–Crippen LogP) is 3.73. The molecule has 0 unspecified atom stereocenters. The van der Waals surface area contributed by atoms with Crippen molar-refractivity contribution in [2.45, 2.75) is 13.8 Å². The lowest BCUT2D eigenvalue weighted by molar-refractivity contribution is 0.388. The molecular weight excluding hydrogens is 340 g/mol. The number of hydrazine groups is 2. The normalized spacial score (nSPS) is 15.8. The van der Waals surface area contributed by atoms with E-state index in [0.717, 1.165) is 22.8 Å². The molecule has 2 aliphatic heterocycles. The standard InChI is InChI=1S/C18H17ClN4O.H2O/c1-11(2)16-17-18(24)22(13-9-7-12(19)8-10-13)21-23(17)15-6-4-3-5-14(15)20-16;/h3-11,21,24H,1-2H3;1H2. The number of aliphatic hydroxyl groups excluding tert-OH is 1. The van der Waals surface area contributed by atoms with Gasteiger partial charge in [-0.2, -0.15) is 0 Å². The first-order chi connectivity index (χ1) is 11.6. The first-order valence-electron chi connectivity index (χ1n) is 7.79. The third-order valence-corrected chi connectivity index (χ3v) is 4.34. The van der Waals surface area contributed by atoms with Gasteiger partial charge in [-0.15, -0.1) is 5.53 Å². The Labute approximate surface area is 150 Å². The van der Waals surface area contributed by atoms with Crippen molar-refractivity contribution in [1.82, 2.24) is 5.53 Å². The maximum absolute atomic E-state index is 10.8. The summed E-state index contributed by atoms with van der Waals surface area (Å²) in [6.07, 6.45) is 0. The molecule has 2 aromatic carbocycles. The van der Waals surface area contributed by atoms with E-state index in [2.05, 4.69) is 19.4 Å². The monoisotopic (exact) mass is 358 g/mol. The average molecular weight is 359 g/mol. The summed E-state index contributed by atoms with van der Waals surface area (Å²) in [5.41, 5.74) is 7.33. The molecule has 2 aliphatic rings. The highest BCUT2D eigenvalue weighted by atomic mass is 35.5. The Balaban J connectivity index is 0.00000182. The van der Waals surface area contributed by atoms with Crippen LogP contribution in [0.1, 0.15) is 13.8 Å². The molecule has 0 amide bonds. The van der Waals surface area contributed by atoms with Gasteiger partial charge in [-0.3, -0.25) is 0 Å². The number of hydrogen-bond donors (Lipinski definition) is 2. The number of anilines is 2. The molecule has 0 saturated heterocycles. The topological polar surface area (TPSA) is 82.6 Å². The third kappa shape index (κ3) is 2.74. The van der Waals surface area contributed by atoms with E-state index >= 15 is 0 Å². The van der Waals surface area contributed by atoms with Gasteiger partial charge < -0.3 is 10.6 Å². The Kier molecular flexibility index (Phi) is 4.43. The molecule has 7 heteroatoms. The second kappa shape index (κ2) is 6.40. The number of aliphatic hydroxyl groups is 1. The van der Waals surface area contributed by atoms with E-state index in [4.69, 9.17) is 16.6 Å². The Hall–Kier alpha value is -2.54. The van der Waals surface area contributed by atoms with Crippen molar-refractivity contribution in [1.29, 1.82) is 0 Å². The fraction of sp³-hybridized carbons (Fsp3) is 0.167. The van der Waals surface area contributed by atoms with E-state index in [9.17, 15) is 5.11 Å². The molecule has 0 aliphatic carbocycles. The van der Waals surface area contributed by atoms with Crippen molar-refractivity contribution < 1.29 is 10.6 Å². The highest BCUT2D eigenvalue weighted by molar-refractivity contribution is 6.30. The molecule has 130 valence electrons. The molecular formula is C18H19ClN4O2. The first-order valence-corrected chi connectivity index (χ1v) is 8.17. The smallest absolute Gasteiger partial charge is 0.235 e. The van der Waals surface area contributed by atoms with Crippen molar-refractivity contribution in [3.8, 4) is 0 Å². The average Bonchev–Trinajstić information content (AvgIpc) is 2.93. The van der Waals surface area contributed by atoms with Crippen molar-refractivity contribution in [2.24, 2.45) is 10.9 Å². The minimum absolute atomic E-state index is 0. The number of rotatable bonds is 2. The van der Waals surface area contributed by atoms with Crippen LogP contribution in [0.3, 0.4) is 0 Å². The van der Waals surface area contributed by atoms with Crippen LogP contribution in [0.5, 0.6) is 0 Å². The second-order valence-electron chi connectivity index (χ2n) is 6.06. The third-order valence-electron chi connectivity index (χ3n) is 4.09. The number of hydrogen-bond acceptors (Lipinski definition) is 5. The molecule has 4 rings (SSSR count). The van der Waals surface area contributed by atoms with E-state index in [1.54, 1.807) is 17.1 Å². The summed E-state index contributed by atoms with van der Waals surface area (Å²) in [7, 11) is 0. The lowest BCUT2D eigenvalue weighted by Gasteiger charge is -2.29. The van der Waals surface area contributed by atoms with Crippen molar-refractivity contribution >= 4 is 34.4 Å². The van der Waals surface area contributed by atoms with Crippen LogP contribution in [0.25, 0.3) is 0 Å². The van der Waals surface area contributed by atoms with Crippen LogP contribution in [0, 0.1) is 5.92 Å². The van der Waals surface area contributed by atoms with E-state index in [0.29, 0.717) is 10.7 Å². The van der Waals surface area contributed by atoms with Crippen molar-refractivity contribution in [3.05, 3.63) is 65.1 Å². The summed E-state index contributed by atoms with van der Waals surface area (Å²) in [6.45, 7) is 4.13. The fourth-order valence-electron chi connectivity index (χ4n) is 2.91. The van der Waals surface area contributed by atoms with E-state index in [1.165, 1.54) is 0 Å². The number of fused-ring (bicyclic) bond motifs is 3. The van der Waals surface area contributed by atoms with Gasteiger partial charge in [0.05, 0.1) is 22.8 Å². The molecule has 2 heterocycles. The Morgan fingerprint density at radius 1 is 1.04 bits per heavy atom. The zero-order valence-electron chi connectivity index (χ0n) is 13.9. The molecule has 25 heavy (non-hydrogen) atoms. The molecule has 0 aromatic heterocycles. The molecule has 0 saturated carbocycles. The van der Waals surface area contributed by atoms with Gasteiger partial charge >= 0.3 is 0 Å². The molecule has 0 atom stereocenters. The van der Waals surface area contributed by atoms with Crippen LogP contribution >= 0.6 is 11.6 Å². The van der Waals surface area contributed by atoms with E-state index < -0.39 is 0 Å². The van der Waals surface area contributed by atoms with E-state index in [-0.39, 0.29) is 17.3 Å². The number of halogens is 1. The van der Waals surface area contributed by atoms with E-state index in [1.807, 2.05) is 41.4 Å². The van der Waals surface area contributed by atoms with Gasteiger partial charge in [0.2, 0.25) is 5.88 Å². The Morgan fingerprint density at radius 3 is 2.40 bits per heavy atom. The molecule has 0 fully saturated rings. The van der Waals surface area contributed by atoms with Crippen molar-refractivity contribution in [2.75, 3.05) is 10.0 Å². The van der Waals surface area contributed by atoms with Crippen LogP contribution in [-0.2, 0) is 0 Å². The maximum atomic E-state index is 10.8.